The van der Waals surface area contributed by atoms with E-state index in [4.69, 9.17) is 4.98 Å². The first-order chi connectivity index (χ1) is 23.3. The van der Waals surface area contributed by atoms with Crippen LogP contribution in [-0.2, 0) is 0 Å². The van der Waals surface area contributed by atoms with Gasteiger partial charge in [-0.25, -0.2) is 4.98 Å². The van der Waals surface area contributed by atoms with Gasteiger partial charge >= 0.3 is 6.85 Å². The maximum atomic E-state index is 5.36. The van der Waals surface area contributed by atoms with Gasteiger partial charge in [0.05, 0.1) is 27.8 Å². The molecule has 0 atom stereocenters. The van der Waals surface area contributed by atoms with Crippen molar-refractivity contribution in [3.63, 3.8) is 0 Å². The molecule has 5 heterocycles. The van der Waals surface area contributed by atoms with Gasteiger partial charge in [0.15, 0.2) is 0 Å². The Bertz CT molecular complexity index is 3240. The topological polar surface area (TPSA) is 22.8 Å². The number of pyridine rings is 1. The summed E-state index contributed by atoms with van der Waals surface area (Å²) in [6, 6.07) is 49.9. The van der Waals surface area contributed by atoms with Gasteiger partial charge in [-0.05, 0) is 56.2 Å². The molecule has 0 radical (unpaired) electrons. The van der Waals surface area contributed by atoms with Crippen LogP contribution in [0.15, 0.2) is 133 Å². The highest BCUT2D eigenvalue weighted by Gasteiger charge is 2.43. The molecule has 0 fully saturated rings. The number of fused-ring (bicyclic) bond motifs is 13. The van der Waals surface area contributed by atoms with Gasteiger partial charge in [-0.15, -0.1) is 0 Å². The Morgan fingerprint density at radius 2 is 1.26 bits per heavy atom. The minimum absolute atomic E-state index is 0.0224. The largest absolute Gasteiger partial charge is 0.375 e. The average Bonchev–Trinajstić information content (AvgIpc) is 3.63. The van der Waals surface area contributed by atoms with Crippen molar-refractivity contribution < 1.29 is 0 Å². The van der Waals surface area contributed by atoms with E-state index in [0.29, 0.717) is 0 Å². The van der Waals surface area contributed by atoms with Crippen molar-refractivity contribution in [2.75, 3.05) is 0 Å². The molecule has 0 N–H and O–H groups in total. The van der Waals surface area contributed by atoms with E-state index in [1.165, 1.54) is 98.3 Å². The number of hydrogen-bond acceptors (Lipinski definition) is 1. The van der Waals surface area contributed by atoms with Crippen molar-refractivity contribution in [2.24, 2.45) is 0 Å². The van der Waals surface area contributed by atoms with Crippen LogP contribution in [-0.4, -0.2) is 20.9 Å². The lowest BCUT2D eigenvalue weighted by Gasteiger charge is -2.36. The molecule has 11 aromatic rings. The molecule has 4 heteroatoms. The zero-order chi connectivity index (χ0) is 30.1. The lowest BCUT2D eigenvalue weighted by atomic mass is 9.45. The summed E-state index contributed by atoms with van der Waals surface area (Å²) >= 11 is 0. The number of nitrogens with zero attached hydrogens (tertiary/aromatic N) is 3. The van der Waals surface area contributed by atoms with Gasteiger partial charge < -0.3 is 9.05 Å². The molecule has 0 bridgehead atoms. The molecule has 0 aliphatic carbocycles. The fraction of sp³-hybridized carbons (Fsp3) is 0. The van der Waals surface area contributed by atoms with Gasteiger partial charge in [0, 0.05) is 48.9 Å². The van der Waals surface area contributed by atoms with E-state index in [1.807, 2.05) is 0 Å². The lowest BCUT2D eigenvalue weighted by Crippen LogP contribution is -2.55. The third-order valence-corrected chi connectivity index (χ3v) is 11.4. The molecule has 212 valence electrons. The van der Waals surface area contributed by atoms with E-state index in [0.717, 1.165) is 16.4 Å². The van der Waals surface area contributed by atoms with Crippen LogP contribution in [0.4, 0.5) is 0 Å². The van der Waals surface area contributed by atoms with E-state index in [1.54, 1.807) is 0 Å². The number of para-hydroxylation sites is 4. The predicted molar refractivity (Wildman–Crippen MR) is 199 cm³/mol. The second-order valence-corrected chi connectivity index (χ2v) is 13.4. The maximum absolute atomic E-state index is 5.36. The minimum atomic E-state index is 0.0224. The zero-order valence-corrected chi connectivity index (χ0v) is 25.1. The fourth-order valence-electron chi connectivity index (χ4n) is 9.69. The van der Waals surface area contributed by atoms with E-state index >= 15 is 0 Å². The summed E-state index contributed by atoms with van der Waals surface area (Å²) in [5, 5.41) is 13.0. The monoisotopic (exact) mass is 591 g/mol. The standard InChI is InChI=1S/C43H22BN3/c1-3-16-33-25(8-1)22-35-40(45-33)31-14-7-15-32-42(31)46(35)43-30-21-19-24-10-5-9-23-18-20-28(37(30)36(23)24)38-29-13-6-12-27-26-11-2-4-17-34(26)47(41(27)29)44(32)39(38)43/h1-22H. The Morgan fingerprint density at radius 3 is 2.19 bits per heavy atom. The van der Waals surface area contributed by atoms with Crippen LogP contribution < -0.4 is 10.9 Å². The summed E-state index contributed by atoms with van der Waals surface area (Å²) < 4.78 is 5.24. The summed E-state index contributed by atoms with van der Waals surface area (Å²) in [6.45, 7) is 0.0224. The van der Waals surface area contributed by atoms with Crippen molar-refractivity contribution in [1.82, 2.24) is 14.0 Å². The molecule has 2 aliphatic rings. The number of aromatic nitrogens is 3. The zero-order valence-electron chi connectivity index (χ0n) is 25.1. The molecule has 3 aromatic heterocycles. The first-order valence-corrected chi connectivity index (χ1v) is 16.4. The Balaban J connectivity index is 1.38. The number of benzene rings is 8. The number of hydrogen-bond donors (Lipinski definition) is 0. The van der Waals surface area contributed by atoms with E-state index in [9.17, 15) is 0 Å². The van der Waals surface area contributed by atoms with E-state index in [2.05, 4.69) is 143 Å². The normalized spacial score (nSPS) is 13.5. The van der Waals surface area contributed by atoms with Gasteiger partial charge in [0.2, 0.25) is 0 Å². The Labute approximate surface area is 268 Å². The smallest absolute Gasteiger partial charge is 0.333 e. The molecular formula is C43H22BN3. The molecule has 0 amide bonds. The van der Waals surface area contributed by atoms with Gasteiger partial charge in [-0.2, -0.15) is 0 Å². The molecule has 47 heavy (non-hydrogen) atoms. The SMILES string of the molecule is c1ccc2nc3c4cccc5c4n(c3cc2c1)-c1c2c(c3ccc4cccc6ccc1c3c46)-c1cccc3c4ccccc4n(c13)B25. The van der Waals surface area contributed by atoms with Crippen LogP contribution in [0.1, 0.15) is 0 Å². The highest BCUT2D eigenvalue weighted by atomic mass is 15.0. The minimum Gasteiger partial charge on any atom is -0.375 e. The Kier molecular flexibility index (Phi) is 3.77. The van der Waals surface area contributed by atoms with E-state index < -0.39 is 0 Å². The van der Waals surface area contributed by atoms with Crippen LogP contribution in [0.3, 0.4) is 0 Å². The van der Waals surface area contributed by atoms with Crippen molar-refractivity contribution >= 4 is 105 Å². The lowest BCUT2D eigenvalue weighted by molar-refractivity contribution is 1.19. The molecule has 3 nitrogen and oxygen atoms in total. The second-order valence-electron chi connectivity index (χ2n) is 13.4. The molecular weight excluding hydrogens is 569 g/mol. The first-order valence-electron chi connectivity index (χ1n) is 16.4. The molecule has 8 aromatic carbocycles. The molecule has 0 spiro atoms. The third kappa shape index (κ3) is 2.48. The Morgan fingerprint density at radius 1 is 0.511 bits per heavy atom. The van der Waals surface area contributed by atoms with Crippen molar-refractivity contribution in [3.8, 4) is 16.8 Å². The summed E-state index contributed by atoms with van der Waals surface area (Å²) in [4.78, 5) is 5.36. The van der Waals surface area contributed by atoms with E-state index in [-0.39, 0.29) is 6.85 Å². The predicted octanol–water partition coefficient (Wildman–Crippen LogP) is 9.28. The molecule has 2 aliphatic heterocycles. The summed E-state index contributed by atoms with van der Waals surface area (Å²) in [5.41, 5.74) is 13.9. The summed E-state index contributed by atoms with van der Waals surface area (Å²) in [7, 11) is 0. The third-order valence-electron chi connectivity index (χ3n) is 11.4. The van der Waals surface area contributed by atoms with Crippen LogP contribution in [0.2, 0.25) is 0 Å². The van der Waals surface area contributed by atoms with Crippen LogP contribution in [0.25, 0.3) is 104 Å². The summed E-state index contributed by atoms with van der Waals surface area (Å²) in [5.74, 6) is 0. The Hall–Kier alpha value is -6.13. The highest BCUT2D eigenvalue weighted by molar-refractivity contribution is 6.90. The first kappa shape index (κ1) is 23.2. The fourth-order valence-corrected chi connectivity index (χ4v) is 9.69. The van der Waals surface area contributed by atoms with Gasteiger partial charge in [-0.3, -0.25) is 0 Å². The van der Waals surface area contributed by atoms with Crippen molar-refractivity contribution in [1.29, 1.82) is 0 Å². The summed E-state index contributed by atoms with van der Waals surface area (Å²) in [6.07, 6.45) is 0. The van der Waals surface area contributed by atoms with Gasteiger partial charge in [0.1, 0.15) is 0 Å². The average molecular weight is 591 g/mol. The van der Waals surface area contributed by atoms with Crippen LogP contribution >= 0.6 is 0 Å². The van der Waals surface area contributed by atoms with Crippen LogP contribution in [0, 0.1) is 0 Å². The van der Waals surface area contributed by atoms with Crippen LogP contribution in [0.5, 0.6) is 0 Å². The van der Waals surface area contributed by atoms with Gasteiger partial charge in [-0.1, -0.05) is 115 Å². The molecule has 13 rings (SSSR count). The van der Waals surface area contributed by atoms with Gasteiger partial charge in [0.25, 0.3) is 0 Å². The number of rotatable bonds is 0. The molecule has 0 saturated heterocycles. The van der Waals surface area contributed by atoms with Crippen molar-refractivity contribution in [3.05, 3.63) is 133 Å². The maximum Gasteiger partial charge on any atom is 0.333 e. The highest BCUT2D eigenvalue weighted by Crippen LogP contribution is 2.49. The second kappa shape index (κ2) is 7.63. The van der Waals surface area contributed by atoms with Crippen molar-refractivity contribution in [2.45, 2.75) is 0 Å². The molecule has 0 unspecified atom stereocenters. The quantitative estimate of drug-likeness (QED) is 0.127. The molecule has 0 saturated carbocycles.